The van der Waals surface area contributed by atoms with Gasteiger partial charge in [0.05, 0.1) is 5.75 Å². The summed E-state index contributed by atoms with van der Waals surface area (Å²) >= 11 is 0. The van der Waals surface area contributed by atoms with Gasteiger partial charge in [-0.25, -0.2) is 8.42 Å². The van der Waals surface area contributed by atoms with Gasteiger partial charge in [0.2, 0.25) is 0 Å². The molecule has 0 aromatic heterocycles. The number of hydrogen-bond donors (Lipinski definition) is 2. The molecule has 0 aliphatic heterocycles. The van der Waals surface area contributed by atoms with Gasteiger partial charge < -0.3 is 10.8 Å². The molecule has 0 aromatic rings. The van der Waals surface area contributed by atoms with E-state index in [9.17, 15) is 8.42 Å². The quantitative estimate of drug-likeness (QED) is 0.547. The summed E-state index contributed by atoms with van der Waals surface area (Å²) in [4.78, 5) is 0. The van der Waals surface area contributed by atoms with E-state index in [0.717, 1.165) is 6.26 Å². The predicted octanol–water partition coefficient (Wildman–Crippen LogP) is -1.26. The lowest BCUT2D eigenvalue weighted by molar-refractivity contribution is 0.279. The number of hydrogen-bond acceptors (Lipinski definition) is 4. The van der Waals surface area contributed by atoms with Crippen LogP contribution in [0.1, 0.15) is 6.42 Å². The lowest BCUT2D eigenvalue weighted by Crippen LogP contribution is -2.29. The fraction of sp³-hybridized carbons (Fsp3) is 1.00. The summed E-state index contributed by atoms with van der Waals surface area (Å²) in [7, 11) is -2.98. The van der Waals surface area contributed by atoms with E-state index in [4.69, 9.17) is 10.8 Å². The van der Waals surface area contributed by atoms with Crippen molar-refractivity contribution in [2.75, 3.05) is 18.6 Å². The second-order valence-electron chi connectivity index (χ2n) is 2.36. The van der Waals surface area contributed by atoms with E-state index in [1.807, 2.05) is 0 Å². The van der Waals surface area contributed by atoms with E-state index >= 15 is 0 Å². The van der Waals surface area contributed by atoms with Crippen LogP contribution in [0.2, 0.25) is 0 Å². The van der Waals surface area contributed by atoms with E-state index in [1.54, 1.807) is 0 Å². The molecule has 0 spiro atoms. The molecule has 0 rings (SSSR count). The van der Waals surface area contributed by atoms with Gasteiger partial charge in [0.15, 0.2) is 0 Å². The van der Waals surface area contributed by atoms with Crippen LogP contribution in [-0.4, -0.2) is 38.2 Å². The van der Waals surface area contributed by atoms with Crippen molar-refractivity contribution in [2.45, 2.75) is 12.5 Å². The normalized spacial score (nSPS) is 15.1. The molecule has 0 heterocycles. The van der Waals surface area contributed by atoms with Crippen LogP contribution in [0.3, 0.4) is 0 Å². The molecule has 0 amide bonds. The molecule has 0 saturated heterocycles. The Morgan fingerprint density at radius 3 is 2.40 bits per heavy atom. The SMILES string of the molecule is CS(=O)(=O)CC(N)CCO. The Morgan fingerprint density at radius 2 is 2.10 bits per heavy atom. The van der Waals surface area contributed by atoms with Crippen molar-refractivity contribution in [3.8, 4) is 0 Å². The lowest BCUT2D eigenvalue weighted by Gasteiger charge is -2.06. The van der Waals surface area contributed by atoms with Gasteiger partial charge in [0.25, 0.3) is 0 Å². The average Bonchev–Trinajstić information content (AvgIpc) is 1.59. The fourth-order valence-electron chi connectivity index (χ4n) is 0.638. The largest absolute Gasteiger partial charge is 0.396 e. The minimum Gasteiger partial charge on any atom is -0.396 e. The van der Waals surface area contributed by atoms with Crippen molar-refractivity contribution < 1.29 is 13.5 Å². The van der Waals surface area contributed by atoms with Gasteiger partial charge in [-0.1, -0.05) is 0 Å². The Hall–Kier alpha value is -0.130. The molecule has 0 aliphatic carbocycles. The summed E-state index contributed by atoms with van der Waals surface area (Å²) in [6.45, 7) is -0.0588. The molecule has 0 aliphatic rings. The summed E-state index contributed by atoms with van der Waals surface area (Å²) in [6, 6.07) is -0.431. The first-order valence-corrected chi connectivity index (χ1v) is 5.06. The lowest BCUT2D eigenvalue weighted by atomic mass is 10.3. The van der Waals surface area contributed by atoms with Gasteiger partial charge in [-0.15, -0.1) is 0 Å². The first kappa shape index (κ1) is 9.87. The molecular formula is C5H13NO3S. The van der Waals surface area contributed by atoms with Crippen molar-refractivity contribution in [3.63, 3.8) is 0 Å². The monoisotopic (exact) mass is 167 g/mol. The first-order chi connectivity index (χ1) is 4.45. The third kappa shape index (κ3) is 6.00. The standard InChI is InChI=1S/C5H13NO3S/c1-10(8,9)4-5(6)2-3-7/h5,7H,2-4,6H2,1H3. The van der Waals surface area contributed by atoms with Crippen molar-refractivity contribution in [1.29, 1.82) is 0 Å². The Kier molecular flexibility index (Phi) is 3.85. The van der Waals surface area contributed by atoms with Crippen molar-refractivity contribution in [2.24, 2.45) is 5.73 Å². The maximum Gasteiger partial charge on any atom is 0.148 e. The van der Waals surface area contributed by atoms with Crippen molar-refractivity contribution in [1.82, 2.24) is 0 Å². The topological polar surface area (TPSA) is 80.4 Å². The molecule has 0 bridgehead atoms. The van der Waals surface area contributed by atoms with Gasteiger partial charge >= 0.3 is 0 Å². The highest BCUT2D eigenvalue weighted by atomic mass is 32.2. The van der Waals surface area contributed by atoms with E-state index in [1.165, 1.54) is 0 Å². The number of rotatable bonds is 4. The van der Waals surface area contributed by atoms with E-state index in [0.29, 0.717) is 6.42 Å². The number of aliphatic hydroxyl groups excluding tert-OH is 1. The zero-order valence-corrected chi connectivity index (χ0v) is 6.76. The van der Waals surface area contributed by atoms with E-state index < -0.39 is 15.9 Å². The molecule has 1 unspecified atom stereocenters. The highest BCUT2D eigenvalue weighted by Crippen LogP contribution is 1.91. The first-order valence-electron chi connectivity index (χ1n) is 3.00. The van der Waals surface area contributed by atoms with Gasteiger partial charge in [-0.3, -0.25) is 0 Å². The number of sulfone groups is 1. The molecule has 3 N–H and O–H groups in total. The smallest absolute Gasteiger partial charge is 0.148 e. The minimum absolute atomic E-state index is 0.0481. The Morgan fingerprint density at radius 1 is 1.60 bits per heavy atom. The van der Waals surface area contributed by atoms with Gasteiger partial charge in [-0.2, -0.15) is 0 Å². The molecule has 10 heavy (non-hydrogen) atoms. The minimum atomic E-state index is -2.98. The Labute approximate surface area is 61.0 Å². The summed E-state index contributed by atoms with van der Waals surface area (Å²) < 4.78 is 21.1. The molecule has 0 radical (unpaired) electrons. The average molecular weight is 167 g/mol. The zero-order chi connectivity index (χ0) is 8.20. The molecule has 1 atom stereocenters. The van der Waals surface area contributed by atoms with E-state index in [2.05, 4.69) is 0 Å². The summed E-state index contributed by atoms with van der Waals surface area (Å²) in [5.41, 5.74) is 5.33. The van der Waals surface area contributed by atoms with Crippen molar-refractivity contribution >= 4 is 9.84 Å². The molecular weight excluding hydrogens is 154 g/mol. The van der Waals surface area contributed by atoms with Crippen LogP contribution in [0, 0.1) is 0 Å². The van der Waals surface area contributed by atoms with Crippen LogP contribution in [-0.2, 0) is 9.84 Å². The molecule has 0 saturated carbocycles. The van der Waals surface area contributed by atoms with Crippen LogP contribution < -0.4 is 5.73 Å². The number of nitrogens with two attached hydrogens (primary N) is 1. The number of aliphatic hydroxyl groups is 1. The van der Waals surface area contributed by atoms with E-state index in [-0.39, 0.29) is 12.4 Å². The second kappa shape index (κ2) is 3.90. The Bertz CT molecular complexity index is 175. The van der Waals surface area contributed by atoms with Crippen LogP contribution in [0.5, 0.6) is 0 Å². The van der Waals surface area contributed by atoms with Gasteiger partial charge in [0.1, 0.15) is 9.84 Å². The van der Waals surface area contributed by atoms with Crippen LogP contribution in [0.25, 0.3) is 0 Å². The third-order valence-corrected chi connectivity index (χ3v) is 2.05. The maximum absolute atomic E-state index is 10.6. The molecule has 62 valence electrons. The fourth-order valence-corrected chi connectivity index (χ4v) is 1.58. The third-order valence-electron chi connectivity index (χ3n) is 1.02. The zero-order valence-electron chi connectivity index (χ0n) is 5.95. The highest BCUT2D eigenvalue weighted by molar-refractivity contribution is 7.90. The van der Waals surface area contributed by atoms with Gasteiger partial charge in [-0.05, 0) is 6.42 Å². The molecule has 5 heteroatoms. The molecule has 0 fully saturated rings. The Balaban J connectivity index is 3.69. The molecule has 0 aromatic carbocycles. The van der Waals surface area contributed by atoms with Crippen LogP contribution >= 0.6 is 0 Å². The maximum atomic E-state index is 10.6. The summed E-state index contributed by atoms with van der Waals surface area (Å²) in [6.07, 6.45) is 1.47. The summed E-state index contributed by atoms with van der Waals surface area (Å²) in [5.74, 6) is -0.0481. The van der Waals surface area contributed by atoms with Crippen molar-refractivity contribution in [3.05, 3.63) is 0 Å². The van der Waals surface area contributed by atoms with Gasteiger partial charge in [0, 0.05) is 18.9 Å². The van der Waals surface area contributed by atoms with Crippen LogP contribution in [0.4, 0.5) is 0 Å². The highest BCUT2D eigenvalue weighted by Gasteiger charge is 2.09. The predicted molar refractivity (Wildman–Crippen MR) is 39.4 cm³/mol. The summed E-state index contributed by atoms with van der Waals surface area (Å²) in [5, 5.41) is 8.36. The molecule has 4 nitrogen and oxygen atoms in total. The van der Waals surface area contributed by atoms with Crippen LogP contribution in [0.15, 0.2) is 0 Å². The second-order valence-corrected chi connectivity index (χ2v) is 4.55.